The zero-order valence-corrected chi connectivity index (χ0v) is 3.46. The molecule has 0 bridgehead atoms. The molecule has 2 heteroatoms. The topological polar surface area (TPSA) is 40.5 Å². The van der Waals surface area contributed by atoms with Crippen LogP contribution in [0.2, 0.25) is 0 Å². The summed E-state index contributed by atoms with van der Waals surface area (Å²) in [6, 6.07) is 0. The summed E-state index contributed by atoms with van der Waals surface area (Å²) in [4.78, 5) is 0. The maximum absolute atomic E-state index is 7.62. The molecule has 2 N–H and O–H groups in total. The lowest BCUT2D eigenvalue weighted by Gasteiger charge is -1.70. The number of terminal acetylenes is 1. The van der Waals surface area contributed by atoms with Crippen molar-refractivity contribution < 1.29 is 10.2 Å². The fraction of sp³-hybridized carbons (Fsp3) is 0.500. The normalized spacial score (nSPS) is 5.33. The van der Waals surface area contributed by atoms with E-state index in [1.807, 2.05) is 0 Å². The van der Waals surface area contributed by atoms with Crippen LogP contribution in [0.5, 0.6) is 0 Å². The Kier molecular flexibility index (Phi) is 37.5. The van der Waals surface area contributed by atoms with E-state index in [9.17, 15) is 0 Å². The van der Waals surface area contributed by atoms with E-state index >= 15 is 0 Å². The summed E-state index contributed by atoms with van der Waals surface area (Å²) in [7, 11) is 0. The Morgan fingerprint density at radius 2 is 1.17 bits per heavy atom. The van der Waals surface area contributed by atoms with Gasteiger partial charge in [-0.25, -0.2) is 0 Å². The predicted molar refractivity (Wildman–Crippen MR) is 24.1 cm³/mol. The molecule has 0 unspecified atom stereocenters. The van der Waals surface area contributed by atoms with E-state index in [2.05, 4.69) is 12.8 Å². The van der Waals surface area contributed by atoms with E-state index in [1.165, 1.54) is 0 Å². The Bertz CT molecular complexity index is 22.0. The highest BCUT2D eigenvalue weighted by Gasteiger charge is 1.58. The Labute approximate surface area is 37.4 Å². The van der Waals surface area contributed by atoms with Gasteiger partial charge in [0.2, 0.25) is 0 Å². The first-order chi connectivity index (χ1) is 2.91. The van der Waals surface area contributed by atoms with E-state index < -0.39 is 0 Å². The Morgan fingerprint density at radius 3 is 1.17 bits per heavy atom. The van der Waals surface area contributed by atoms with Gasteiger partial charge in [-0.1, -0.05) is 0 Å². The van der Waals surface area contributed by atoms with Crippen LogP contribution in [0.1, 0.15) is 0 Å². The van der Waals surface area contributed by atoms with E-state index in [0.717, 1.165) is 0 Å². The summed E-state index contributed by atoms with van der Waals surface area (Å²) in [6.45, 7) is -0.250. The van der Waals surface area contributed by atoms with Crippen molar-refractivity contribution >= 4 is 0 Å². The third-order valence-electron chi connectivity index (χ3n) is 0.1000. The summed E-state index contributed by atoms with van der Waals surface area (Å²) in [5.74, 6) is 0. The lowest BCUT2D eigenvalue weighted by molar-refractivity contribution is 0.186. The van der Waals surface area contributed by atoms with Crippen molar-refractivity contribution in [2.75, 3.05) is 13.2 Å². The maximum atomic E-state index is 7.62. The van der Waals surface area contributed by atoms with Gasteiger partial charge in [-0.2, -0.15) is 0 Å². The van der Waals surface area contributed by atoms with Crippen LogP contribution < -0.4 is 0 Å². The fourth-order valence-corrected chi connectivity index (χ4v) is 0. The molecule has 0 saturated carbocycles. The highest BCUT2D eigenvalue weighted by Crippen LogP contribution is 1.39. The van der Waals surface area contributed by atoms with Gasteiger partial charge >= 0.3 is 0 Å². The highest BCUT2D eigenvalue weighted by atomic mass is 16.3. The van der Waals surface area contributed by atoms with E-state index in [4.69, 9.17) is 10.2 Å². The van der Waals surface area contributed by atoms with Crippen molar-refractivity contribution in [1.82, 2.24) is 0 Å². The average Bonchev–Trinajstić information content (AvgIpc) is 1.72. The first-order valence-corrected chi connectivity index (χ1v) is 1.47. The molecule has 0 heterocycles. The Morgan fingerprint density at radius 1 is 1.00 bits per heavy atom. The van der Waals surface area contributed by atoms with Crippen LogP contribution in [-0.2, 0) is 0 Å². The van der Waals surface area contributed by atoms with Crippen LogP contribution in [0.4, 0.5) is 0 Å². The standard InChI is InChI=1S/C2H6O2.C2H2/c3-1-2-4;1-2/h3-4H,1-2H2;1-2H. The van der Waals surface area contributed by atoms with Crippen molar-refractivity contribution in [3.05, 3.63) is 0 Å². The predicted octanol–water partition coefficient (Wildman–Crippen LogP) is -0.780. The van der Waals surface area contributed by atoms with Gasteiger partial charge in [0.15, 0.2) is 0 Å². The van der Waals surface area contributed by atoms with Gasteiger partial charge in [-0.15, -0.1) is 12.8 Å². The summed E-state index contributed by atoms with van der Waals surface area (Å²) in [5, 5.41) is 15.2. The van der Waals surface area contributed by atoms with Gasteiger partial charge in [-0.05, 0) is 0 Å². The van der Waals surface area contributed by atoms with Gasteiger partial charge in [0.1, 0.15) is 0 Å². The molecule has 36 valence electrons. The zero-order chi connectivity index (χ0) is 5.41. The molecule has 0 aliphatic rings. The molecule has 0 aliphatic carbocycles. The molecule has 0 aliphatic heterocycles. The van der Waals surface area contributed by atoms with Gasteiger partial charge in [0, 0.05) is 0 Å². The lowest BCUT2D eigenvalue weighted by atomic mass is 10.8. The molecule has 0 rings (SSSR count). The van der Waals surface area contributed by atoms with E-state index in [1.54, 1.807) is 0 Å². The minimum Gasteiger partial charge on any atom is -0.394 e. The molecular weight excluding hydrogens is 80.0 g/mol. The molecule has 0 atom stereocenters. The van der Waals surface area contributed by atoms with Crippen molar-refractivity contribution in [3.8, 4) is 12.8 Å². The number of hydrogen-bond donors (Lipinski definition) is 2. The monoisotopic (exact) mass is 88.1 g/mol. The number of rotatable bonds is 1. The molecule has 0 radical (unpaired) electrons. The van der Waals surface area contributed by atoms with Crippen LogP contribution in [0, 0.1) is 12.8 Å². The average molecular weight is 88.1 g/mol. The van der Waals surface area contributed by atoms with E-state index in [0.29, 0.717) is 0 Å². The molecule has 0 fully saturated rings. The van der Waals surface area contributed by atoms with Crippen LogP contribution in [0.3, 0.4) is 0 Å². The van der Waals surface area contributed by atoms with Crippen LogP contribution in [0.15, 0.2) is 0 Å². The summed E-state index contributed by atoms with van der Waals surface area (Å²) < 4.78 is 0. The molecule has 6 heavy (non-hydrogen) atoms. The molecular formula is C4H8O2. The fourth-order valence-electron chi connectivity index (χ4n) is 0. The van der Waals surface area contributed by atoms with Gasteiger partial charge in [0.05, 0.1) is 13.2 Å². The zero-order valence-electron chi connectivity index (χ0n) is 3.46. The summed E-state index contributed by atoms with van der Waals surface area (Å²) in [6.07, 6.45) is 8.00. The first kappa shape index (κ1) is 9.08. The minimum absolute atomic E-state index is 0.125. The highest BCUT2D eigenvalue weighted by molar-refractivity contribution is 4.47. The largest absolute Gasteiger partial charge is 0.394 e. The summed E-state index contributed by atoms with van der Waals surface area (Å²) in [5.41, 5.74) is 0. The maximum Gasteiger partial charge on any atom is 0.0662 e. The quantitative estimate of drug-likeness (QED) is 0.413. The number of hydrogen-bond acceptors (Lipinski definition) is 2. The van der Waals surface area contributed by atoms with Crippen LogP contribution in [0.25, 0.3) is 0 Å². The van der Waals surface area contributed by atoms with Crippen LogP contribution >= 0.6 is 0 Å². The smallest absolute Gasteiger partial charge is 0.0662 e. The van der Waals surface area contributed by atoms with Crippen molar-refractivity contribution in [2.45, 2.75) is 0 Å². The second kappa shape index (κ2) is 24.8. The molecule has 2 nitrogen and oxygen atoms in total. The second-order valence-corrected chi connectivity index (χ2v) is 0.447. The Balaban J connectivity index is 0. The van der Waals surface area contributed by atoms with E-state index in [-0.39, 0.29) is 13.2 Å². The first-order valence-electron chi connectivity index (χ1n) is 1.47. The molecule has 0 spiro atoms. The van der Waals surface area contributed by atoms with Crippen molar-refractivity contribution in [1.29, 1.82) is 0 Å². The second-order valence-electron chi connectivity index (χ2n) is 0.447. The molecule has 0 aromatic carbocycles. The molecule has 0 aromatic heterocycles. The van der Waals surface area contributed by atoms with Gasteiger partial charge < -0.3 is 10.2 Å². The SMILES string of the molecule is C#C.OCCO. The van der Waals surface area contributed by atoms with Crippen LogP contribution in [-0.4, -0.2) is 23.4 Å². The van der Waals surface area contributed by atoms with Gasteiger partial charge in [0.25, 0.3) is 0 Å². The lowest BCUT2D eigenvalue weighted by Crippen LogP contribution is -1.85. The number of aliphatic hydroxyl groups is 2. The minimum atomic E-state index is -0.125. The number of aliphatic hydroxyl groups excluding tert-OH is 2. The third-order valence-corrected chi connectivity index (χ3v) is 0.1000. The third kappa shape index (κ3) is 92.9. The Hall–Kier alpha value is -0.520. The molecule has 0 amide bonds. The van der Waals surface area contributed by atoms with Crippen molar-refractivity contribution in [3.63, 3.8) is 0 Å². The molecule has 0 saturated heterocycles. The van der Waals surface area contributed by atoms with Gasteiger partial charge in [-0.3, -0.25) is 0 Å². The molecule has 0 aromatic rings. The summed E-state index contributed by atoms with van der Waals surface area (Å²) >= 11 is 0. The van der Waals surface area contributed by atoms with Crippen molar-refractivity contribution in [2.24, 2.45) is 0 Å².